The highest BCUT2D eigenvalue weighted by atomic mass is 16.4. The summed E-state index contributed by atoms with van der Waals surface area (Å²) in [6.45, 7) is 3.52. The van der Waals surface area contributed by atoms with E-state index in [1.165, 1.54) is 0 Å². The first-order valence-corrected chi connectivity index (χ1v) is 6.29. The van der Waals surface area contributed by atoms with Crippen LogP contribution in [0.1, 0.15) is 41.1 Å². The molecule has 1 fully saturated rings. The van der Waals surface area contributed by atoms with Crippen LogP contribution in [0, 0.1) is 6.92 Å². The lowest BCUT2D eigenvalue weighted by molar-refractivity contribution is 0.0661. The Balaban J connectivity index is 2.10. The number of aliphatic hydroxyl groups is 1. The maximum absolute atomic E-state index is 10.8. The highest BCUT2D eigenvalue weighted by molar-refractivity contribution is 5.84. The first-order chi connectivity index (χ1) is 8.61. The van der Waals surface area contributed by atoms with Crippen molar-refractivity contribution in [3.8, 4) is 0 Å². The predicted octanol–water partition coefficient (Wildman–Crippen LogP) is 1.63. The Morgan fingerprint density at radius 1 is 1.56 bits per heavy atom. The molecule has 1 saturated heterocycles. The van der Waals surface area contributed by atoms with E-state index < -0.39 is 5.97 Å². The second-order valence-electron chi connectivity index (χ2n) is 4.80. The van der Waals surface area contributed by atoms with Crippen LogP contribution in [0.5, 0.6) is 0 Å². The van der Waals surface area contributed by atoms with E-state index in [0.29, 0.717) is 12.3 Å². The molecule has 100 valence electrons. The zero-order chi connectivity index (χ0) is 13.1. The van der Waals surface area contributed by atoms with Gasteiger partial charge in [0.05, 0.1) is 6.61 Å². The Morgan fingerprint density at radius 2 is 2.33 bits per heavy atom. The second kappa shape index (κ2) is 5.54. The summed E-state index contributed by atoms with van der Waals surface area (Å²) in [6, 6.07) is 1.77. The normalized spacial score (nSPS) is 21.1. The van der Waals surface area contributed by atoms with Crippen molar-refractivity contribution in [1.29, 1.82) is 0 Å². The number of carbonyl (C=O) groups is 1. The number of furan rings is 1. The summed E-state index contributed by atoms with van der Waals surface area (Å²) in [4.78, 5) is 13.0. The number of carboxylic acid groups (broad SMARTS) is 1. The van der Waals surface area contributed by atoms with Crippen molar-refractivity contribution in [3.63, 3.8) is 0 Å². The molecule has 0 bridgehead atoms. The van der Waals surface area contributed by atoms with Crippen molar-refractivity contribution in [2.24, 2.45) is 0 Å². The third-order valence-electron chi connectivity index (χ3n) is 3.56. The van der Waals surface area contributed by atoms with Crippen molar-refractivity contribution in [2.75, 3.05) is 13.2 Å². The first-order valence-electron chi connectivity index (χ1n) is 6.29. The lowest BCUT2D eigenvalue weighted by atomic mass is 10.0. The monoisotopic (exact) mass is 253 g/mol. The molecule has 1 aromatic rings. The third-order valence-corrected chi connectivity index (χ3v) is 3.56. The molecule has 0 spiro atoms. The van der Waals surface area contributed by atoms with Crippen LogP contribution in [-0.2, 0) is 6.54 Å². The Hall–Kier alpha value is -1.33. The summed E-state index contributed by atoms with van der Waals surface area (Å²) in [7, 11) is 0. The number of piperidine rings is 1. The molecule has 0 saturated carbocycles. The standard InChI is InChI=1S/C13H19NO4/c1-9-10(6-12(18-9)13(16)17)7-14-5-3-2-4-11(14)8-15/h6,11,15H,2-5,7-8H2,1H3,(H,16,17). The van der Waals surface area contributed by atoms with Crippen LogP contribution < -0.4 is 0 Å². The first kappa shape index (κ1) is 13.1. The fourth-order valence-electron chi connectivity index (χ4n) is 2.48. The molecule has 5 heteroatoms. The van der Waals surface area contributed by atoms with Crippen LogP contribution in [0.15, 0.2) is 10.5 Å². The topological polar surface area (TPSA) is 73.9 Å². The van der Waals surface area contributed by atoms with Gasteiger partial charge in [-0.15, -0.1) is 0 Å². The summed E-state index contributed by atoms with van der Waals surface area (Å²) in [6.07, 6.45) is 3.27. The average molecular weight is 253 g/mol. The lowest BCUT2D eigenvalue weighted by Gasteiger charge is -2.34. The highest BCUT2D eigenvalue weighted by Crippen LogP contribution is 2.22. The number of nitrogens with zero attached hydrogens (tertiary/aromatic N) is 1. The van der Waals surface area contributed by atoms with Crippen LogP contribution in [0.4, 0.5) is 0 Å². The fourth-order valence-corrected chi connectivity index (χ4v) is 2.48. The molecule has 0 radical (unpaired) electrons. The number of carboxylic acids is 1. The van der Waals surface area contributed by atoms with Crippen LogP contribution in [0.25, 0.3) is 0 Å². The summed E-state index contributed by atoms with van der Waals surface area (Å²) in [5.41, 5.74) is 0.896. The second-order valence-corrected chi connectivity index (χ2v) is 4.80. The largest absolute Gasteiger partial charge is 0.475 e. The Morgan fingerprint density at radius 3 is 2.94 bits per heavy atom. The minimum Gasteiger partial charge on any atom is -0.475 e. The molecule has 0 amide bonds. The molecule has 1 aliphatic rings. The van der Waals surface area contributed by atoms with Gasteiger partial charge >= 0.3 is 5.97 Å². The molecule has 1 unspecified atom stereocenters. The highest BCUT2D eigenvalue weighted by Gasteiger charge is 2.23. The van der Waals surface area contributed by atoms with Crippen LogP contribution in [0.2, 0.25) is 0 Å². The zero-order valence-corrected chi connectivity index (χ0v) is 10.6. The summed E-state index contributed by atoms with van der Waals surface area (Å²) in [5, 5.41) is 18.2. The Kier molecular flexibility index (Phi) is 4.04. The minimum atomic E-state index is -1.04. The maximum Gasteiger partial charge on any atom is 0.371 e. The van der Waals surface area contributed by atoms with Crippen molar-refractivity contribution in [2.45, 2.75) is 38.8 Å². The van der Waals surface area contributed by atoms with Crippen molar-refractivity contribution < 1.29 is 19.4 Å². The minimum absolute atomic E-state index is 0.0138. The van der Waals surface area contributed by atoms with Crippen molar-refractivity contribution >= 4 is 5.97 Å². The molecular weight excluding hydrogens is 234 g/mol. The number of aryl methyl sites for hydroxylation is 1. The van der Waals surface area contributed by atoms with Gasteiger partial charge < -0.3 is 14.6 Å². The molecule has 1 aliphatic heterocycles. The molecule has 2 rings (SSSR count). The van der Waals surface area contributed by atoms with Gasteiger partial charge in [-0.1, -0.05) is 6.42 Å². The molecule has 1 aromatic heterocycles. The van der Waals surface area contributed by atoms with Crippen LogP contribution in [-0.4, -0.2) is 40.3 Å². The van der Waals surface area contributed by atoms with Crippen molar-refractivity contribution in [3.05, 3.63) is 23.2 Å². The van der Waals surface area contributed by atoms with E-state index in [9.17, 15) is 9.90 Å². The number of aromatic carboxylic acids is 1. The van der Waals surface area contributed by atoms with E-state index in [1.807, 2.05) is 0 Å². The molecule has 0 aromatic carbocycles. The number of hydrogen-bond acceptors (Lipinski definition) is 4. The molecule has 18 heavy (non-hydrogen) atoms. The van der Waals surface area contributed by atoms with E-state index in [1.54, 1.807) is 13.0 Å². The lowest BCUT2D eigenvalue weighted by Crippen LogP contribution is -2.41. The van der Waals surface area contributed by atoms with Gasteiger partial charge in [-0.2, -0.15) is 0 Å². The van der Waals surface area contributed by atoms with Gasteiger partial charge in [-0.3, -0.25) is 4.90 Å². The zero-order valence-electron chi connectivity index (χ0n) is 10.6. The predicted molar refractivity (Wildman–Crippen MR) is 65.5 cm³/mol. The van der Waals surface area contributed by atoms with Gasteiger partial charge in [0, 0.05) is 18.2 Å². The molecule has 2 N–H and O–H groups in total. The molecule has 5 nitrogen and oxygen atoms in total. The summed E-state index contributed by atoms with van der Waals surface area (Å²) in [5.74, 6) is -0.406. The number of rotatable bonds is 4. The Labute approximate surface area is 106 Å². The Bertz CT molecular complexity index is 427. The van der Waals surface area contributed by atoms with E-state index in [2.05, 4.69) is 4.90 Å². The number of hydrogen-bond donors (Lipinski definition) is 2. The molecule has 2 heterocycles. The summed E-state index contributed by atoms with van der Waals surface area (Å²) >= 11 is 0. The summed E-state index contributed by atoms with van der Waals surface area (Å²) < 4.78 is 5.20. The van der Waals surface area contributed by atoms with Crippen molar-refractivity contribution in [1.82, 2.24) is 4.90 Å². The van der Waals surface area contributed by atoms with E-state index in [4.69, 9.17) is 9.52 Å². The van der Waals surface area contributed by atoms with Gasteiger partial charge in [0.25, 0.3) is 0 Å². The fraction of sp³-hybridized carbons (Fsp3) is 0.615. The van der Waals surface area contributed by atoms with Gasteiger partial charge in [0.15, 0.2) is 0 Å². The van der Waals surface area contributed by atoms with E-state index in [-0.39, 0.29) is 18.4 Å². The molecule has 1 atom stereocenters. The van der Waals surface area contributed by atoms with E-state index in [0.717, 1.165) is 31.4 Å². The molecule has 0 aliphatic carbocycles. The molecular formula is C13H19NO4. The average Bonchev–Trinajstić information content (AvgIpc) is 2.72. The van der Waals surface area contributed by atoms with Crippen LogP contribution in [0.3, 0.4) is 0 Å². The smallest absolute Gasteiger partial charge is 0.371 e. The van der Waals surface area contributed by atoms with Gasteiger partial charge in [0.2, 0.25) is 5.76 Å². The van der Waals surface area contributed by atoms with Gasteiger partial charge in [0.1, 0.15) is 5.76 Å². The van der Waals surface area contributed by atoms with E-state index >= 15 is 0 Å². The third kappa shape index (κ3) is 2.73. The maximum atomic E-state index is 10.8. The SMILES string of the molecule is Cc1oc(C(=O)O)cc1CN1CCCCC1CO. The van der Waals surface area contributed by atoms with Crippen LogP contribution >= 0.6 is 0 Å². The number of likely N-dealkylation sites (tertiary alicyclic amines) is 1. The number of aliphatic hydroxyl groups excluding tert-OH is 1. The van der Waals surface area contributed by atoms with Gasteiger partial charge in [-0.05, 0) is 32.4 Å². The van der Waals surface area contributed by atoms with Gasteiger partial charge in [-0.25, -0.2) is 4.79 Å². The quantitative estimate of drug-likeness (QED) is 0.853.